The van der Waals surface area contributed by atoms with E-state index in [0.717, 1.165) is 12.6 Å². The lowest BCUT2D eigenvalue weighted by Crippen LogP contribution is -2.47. The van der Waals surface area contributed by atoms with Crippen LogP contribution in [0.25, 0.3) is 0 Å². The molecule has 1 saturated heterocycles. The highest BCUT2D eigenvalue weighted by Gasteiger charge is 2.30. The number of hydrogen-bond donors (Lipinski definition) is 2. The molecule has 2 N–H and O–H groups in total. The number of carboxylic acids is 1. The van der Waals surface area contributed by atoms with E-state index >= 15 is 0 Å². The highest BCUT2D eigenvalue weighted by molar-refractivity contribution is 9.10. The van der Waals surface area contributed by atoms with Gasteiger partial charge in [0.25, 0.3) is 0 Å². The van der Waals surface area contributed by atoms with Crippen molar-refractivity contribution in [2.24, 2.45) is 0 Å². The Morgan fingerprint density at radius 2 is 2.24 bits per heavy atom. The summed E-state index contributed by atoms with van der Waals surface area (Å²) in [5, 5.41) is 8.84. The Balaban J connectivity index is 2.17. The largest absolute Gasteiger partial charge is 0.475 e. The smallest absolute Gasteiger partial charge is 0.371 e. The van der Waals surface area contributed by atoms with E-state index in [1.165, 1.54) is 0 Å². The van der Waals surface area contributed by atoms with Crippen molar-refractivity contribution in [2.45, 2.75) is 36.7 Å². The number of aromatic carboxylic acids is 1. The average molecular weight is 381 g/mol. The molecule has 1 fully saturated rings. The minimum absolute atomic E-state index is 0.103. The molecule has 21 heavy (non-hydrogen) atoms. The Labute approximate surface area is 131 Å². The van der Waals surface area contributed by atoms with Gasteiger partial charge in [0.05, 0.1) is 0 Å². The maximum atomic E-state index is 12.3. The average Bonchev–Trinajstić information content (AvgIpc) is 2.77. The highest BCUT2D eigenvalue weighted by atomic mass is 79.9. The quantitative estimate of drug-likeness (QED) is 0.820. The van der Waals surface area contributed by atoms with Crippen LogP contribution < -0.4 is 4.72 Å². The molecule has 1 aromatic heterocycles. The van der Waals surface area contributed by atoms with Gasteiger partial charge in [-0.15, -0.1) is 0 Å². The van der Waals surface area contributed by atoms with Crippen LogP contribution in [0.2, 0.25) is 0 Å². The van der Waals surface area contributed by atoms with E-state index < -0.39 is 21.8 Å². The summed E-state index contributed by atoms with van der Waals surface area (Å²) in [4.78, 5) is 12.8. The van der Waals surface area contributed by atoms with Crippen molar-refractivity contribution in [3.8, 4) is 0 Å². The Hall–Kier alpha value is -0.900. The number of halogens is 1. The Kier molecular flexibility index (Phi) is 4.76. The van der Waals surface area contributed by atoms with E-state index in [1.54, 1.807) is 0 Å². The molecule has 7 nitrogen and oxygen atoms in total. The van der Waals surface area contributed by atoms with Gasteiger partial charge < -0.3 is 14.4 Å². The Bertz CT molecular complexity index is 642. The summed E-state index contributed by atoms with van der Waals surface area (Å²) in [6.07, 6.45) is 1.41. The lowest BCUT2D eigenvalue weighted by molar-refractivity contribution is 0.0661. The zero-order valence-corrected chi connectivity index (χ0v) is 14.1. The van der Waals surface area contributed by atoms with Gasteiger partial charge >= 0.3 is 5.97 Å². The Morgan fingerprint density at radius 1 is 1.57 bits per heavy atom. The fourth-order valence-corrected chi connectivity index (χ4v) is 4.54. The summed E-state index contributed by atoms with van der Waals surface area (Å²) >= 11 is 2.95. The fourth-order valence-electron chi connectivity index (χ4n) is 2.32. The minimum atomic E-state index is -3.82. The molecule has 0 spiro atoms. The van der Waals surface area contributed by atoms with Crippen molar-refractivity contribution < 1.29 is 22.7 Å². The standard InChI is InChI=1S/C12H17BrN2O5S/c1-7-5-8(3-4-15(7)2)14-21(18,19)10-6-9(12(16)17)20-11(10)13/h6-8,14H,3-5H2,1-2H3,(H,16,17). The molecular formula is C12H17BrN2O5S. The third-order valence-corrected chi connectivity index (χ3v) is 6.06. The van der Waals surface area contributed by atoms with Crippen LogP contribution in [0.3, 0.4) is 0 Å². The molecule has 1 aliphatic heterocycles. The normalized spacial score (nSPS) is 24.1. The van der Waals surface area contributed by atoms with Gasteiger partial charge in [0.15, 0.2) is 4.67 Å². The van der Waals surface area contributed by atoms with E-state index in [-0.39, 0.29) is 21.6 Å². The lowest BCUT2D eigenvalue weighted by Gasteiger charge is -2.35. The van der Waals surface area contributed by atoms with E-state index in [4.69, 9.17) is 9.52 Å². The number of furan rings is 1. The van der Waals surface area contributed by atoms with Gasteiger partial charge in [-0.2, -0.15) is 0 Å². The number of likely N-dealkylation sites (tertiary alicyclic amines) is 1. The second kappa shape index (κ2) is 6.07. The van der Waals surface area contributed by atoms with Crippen molar-refractivity contribution in [1.82, 2.24) is 9.62 Å². The van der Waals surface area contributed by atoms with Gasteiger partial charge in [0, 0.05) is 18.2 Å². The first-order chi connectivity index (χ1) is 9.70. The fraction of sp³-hybridized carbons (Fsp3) is 0.583. The van der Waals surface area contributed by atoms with Crippen LogP contribution in [0.5, 0.6) is 0 Å². The molecule has 0 aliphatic carbocycles. The number of carbonyl (C=O) groups is 1. The van der Waals surface area contributed by atoms with Crippen molar-refractivity contribution in [1.29, 1.82) is 0 Å². The predicted molar refractivity (Wildman–Crippen MR) is 78.8 cm³/mol. The molecule has 0 bridgehead atoms. The number of nitrogens with zero attached hydrogens (tertiary/aromatic N) is 1. The topological polar surface area (TPSA) is 99.8 Å². The van der Waals surface area contributed by atoms with Crippen LogP contribution in [0.15, 0.2) is 20.0 Å². The second-order valence-corrected chi connectivity index (χ2v) is 7.63. The first-order valence-corrected chi connectivity index (χ1v) is 8.73. The molecule has 1 aliphatic rings. The number of piperidine rings is 1. The molecule has 0 aromatic carbocycles. The first kappa shape index (κ1) is 16.5. The zero-order chi connectivity index (χ0) is 15.8. The molecule has 2 unspecified atom stereocenters. The predicted octanol–water partition coefficient (Wildman–Crippen LogP) is 1.50. The molecular weight excluding hydrogens is 364 g/mol. The Morgan fingerprint density at radius 3 is 2.76 bits per heavy atom. The van der Waals surface area contributed by atoms with E-state index in [0.29, 0.717) is 12.8 Å². The zero-order valence-electron chi connectivity index (χ0n) is 11.7. The van der Waals surface area contributed by atoms with Gasteiger partial charge in [0.2, 0.25) is 15.8 Å². The summed E-state index contributed by atoms with van der Waals surface area (Å²) in [7, 11) is -1.82. The van der Waals surface area contributed by atoms with E-state index in [9.17, 15) is 13.2 Å². The summed E-state index contributed by atoms with van der Waals surface area (Å²) in [5.41, 5.74) is 0. The van der Waals surface area contributed by atoms with Gasteiger partial charge in [-0.3, -0.25) is 0 Å². The van der Waals surface area contributed by atoms with Crippen molar-refractivity contribution >= 4 is 31.9 Å². The second-order valence-electron chi connectivity index (χ2n) is 5.23. The first-order valence-electron chi connectivity index (χ1n) is 6.46. The number of nitrogens with one attached hydrogen (secondary N) is 1. The van der Waals surface area contributed by atoms with Crippen molar-refractivity contribution in [3.63, 3.8) is 0 Å². The van der Waals surface area contributed by atoms with Gasteiger partial charge in [-0.25, -0.2) is 17.9 Å². The molecule has 118 valence electrons. The maximum Gasteiger partial charge on any atom is 0.371 e. The van der Waals surface area contributed by atoms with Crippen LogP contribution in [-0.2, 0) is 10.0 Å². The molecule has 0 saturated carbocycles. The number of sulfonamides is 1. The molecule has 2 atom stereocenters. The summed E-state index contributed by atoms with van der Waals surface area (Å²) in [5.74, 6) is -1.73. The van der Waals surface area contributed by atoms with Crippen molar-refractivity contribution in [2.75, 3.05) is 13.6 Å². The summed E-state index contributed by atoms with van der Waals surface area (Å²) < 4.78 is 32.1. The summed E-state index contributed by atoms with van der Waals surface area (Å²) in [6, 6.07) is 1.12. The maximum absolute atomic E-state index is 12.3. The monoisotopic (exact) mass is 380 g/mol. The molecule has 1 aromatic rings. The van der Waals surface area contributed by atoms with Crippen LogP contribution in [0.1, 0.15) is 30.3 Å². The molecule has 2 rings (SSSR count). The lowest BCUT2D eigenvalue weighted by atomic mass is 10.0. The number of hydrogen-bond acceptors (Lipinski definition) is 5. The van der Waals surface area contributed by atoms with Crippen LogP contribution in [-0.4, -0.2) is 50.1 Å². The molecule has 0 radical (unpaired) electrons. The SMILES string of the molecule is CC1CC(NS(=O)(=O)c2cc(C(=O)O)oc2Br)CCN1C. The number of rotatable bonds is 4. The molecule has 0 amide bonds. The van der Waals surface area contributed by atoms with Crippen molar-refractivity contribution in [3.05, 3.63) is 16.5 Å². The minimum Gasteiger partial charge on any atom is -0.475 e. The van der Waals surface area contributed by atoms with E-state index in [2.05, 4.69) is 25.6 Å². The third-order valence-electron chi connectivity index (χ3n) is 3.69. The van der Waals surface area contributed by atoms with Crippen LogP contribution >= 0.6 is 15.9 Å². The van der Waals surface area contributed by atoms with Crippen LogP contribution in [0.4, 0.5) is 0 Å². The molecule has 2 heterocycles. The summed E-state index contributed by atoms with van der Waals surface area (Å²) in [6.45, 7) is 2.85. The third kappa shape index (κ3) is 3.65. The van der Waals surface area contributed by atoms with E-state index in [1.807, 2.05) is 14.0 Å². The van der Waals surface area contributed by atoms with Crippen LogP contribution in [0, 0.1) is 0 Å². The van der Waals surface area contributed by atoms with Gasteiger partial charge in [0.1, 0.15) is 4.90 Å². The number of carboxylic acid groups (broad SMARTS) is 1. The van der Waals surface area contributed by atoms with Gasteiger partial charge in [-0.1, -0.05) is 0 Å². The molecule has 9 heteroatoms. The highest BCUT2D eigenvalue weighted by Crippen LogP contribution is 2.27. The van der Waals surface area contributed by atoms with Gasteiger partial charge in [-0.05, 0) is 49.3 Å².